The zero-order valence-corrected chi connectivity index (χ0v) is 11.6. The van der Waals surface area contributed by atoms with E-state index in [0.29, 0.717) is 6.42 Å². The average molecular weight is 314 g/mol. The van der Waals surface area contributed by atoms with Gasteiger partial charge >= 0.3 is 12.5 Å². The lowest BCUT2D eigenvalue weighted by Crippen LogP contribution is -2.34. The highest BCUT2D eigenvalue weighted by Crippen LogP contribution is 2.33. The van der Waals surface area contributed by atoms with Crippen LogP contribution in [0.5, 0.6) is 5.75 Å². The van der Waals surface area contributed by atoms with Crippen LogP contribution in [0.3, 0.4) is 0 Å². The zero-order valence-electron chi connectivity index (χ0n) is 10.8. The number of alkyl halides is 4. The Morgan fingerprint density at radius 3 is 2.40 bits per heavy atom. The molecule has 0 aliphatic heterocycles. The van der Waals surface area contributed by atoms with Crippen molar-refractivity contribution in [2.45, 2.75) is 31.9 Å². The third kappa shape index (κ3) is 5.02. The molecule has 1 rings (SSSR count). The lowest BCUT2D eigenvalue weighted by atomic mass is 10.0. The maximum Gasteiger partial charge on any atom is 0.461 e. The van der Waals surface area contributed by atoms with E-state index in [4.69, 9.17) is 5.73 Å². The minimum atomic E-state index is -4.54. The van der Waals surface area contributed by atoms with E-state index in [1.807, 2.05) is 0 Å². The van der Waals surface area contributed by atoms with E-state index in [-0.39, 0.29) is 23.7 Å². The van der Waals surface area contributed by atoms with Gasteiger partial charge in [0.15, 0.2) is 0 Å². The first-order valence-electron chi connectivity index (χ1n) is 5.58. The summed E-state index contributed by atoms with van der Waals surface area (Å²) in [6.45, 7) is 5.40. The zero-order chi connectivity index (χ0) is 14.6. The maximum atomic E-state index is 12.9. The van der Waals surface area contributed by atoms with Crippen LogP contribution in [0.1, 0.15) is 24.9 Å². The second kappa shape index (κ2) is 7.50. The van der Waals surface area contributed by atoms with Crippen molar-refractivity contribution in [3.05, 3.63) is 42.0 Å². The van der Waals surface area contributed by atoms with Crippen molar-refractivity contribution in [3.63, 3.8) is 0 Å². The molecule has 1 aromatic carbocycles. The molecular formula is C13H16ClF4NO. The molecule has 0 saturated carbocycles. The molecule has 0 spiro atoms. The van der Waals surface area contributed by atoms with Crippen molar-refractivity contribution in [2.75, 3.05) is 0 Å². The van der Waals surface area contributed by atoms with Crippen LogP contribution in [0.2, 0.25) is 0 Å². The number of hydrogen-bond acceptors (Lipinski definition) is 2. The first kappa shape index (κ1) is 18.7. The monoisotopic (exact) mass is 313 g/mol. The molecule has 0 unspecified atom stereocenters. The molecule has 1 atom stereocenters. The first-order valence-corrected chi connectivity index (χ1v) is 5.58. The highest BCUT2D eigenvalue weighted by Gasteiger charge is 2.44. The Morgan fingerprint density at radius 2 is 1.90 bits per heavy atom. The molecule has 2 nitrogen and oxygen atoms in total. The topological polar surface area (TPSA) is 35.2 Å². The van der Waals surface area contributed by atoms with Gasteiger partial charge in [-0.15, -0.1) is 19.0 Å². The molecule has 0 fully saturated rings. The second-order valence-electron chi connectivity index (χ2n) is 4.27. The number of halogens is 5. The summed E-state index contributed by atoms with van der Waals surface area (Å²) >= 11 is 0. The molecule has 7 heteroatoms. The lowest BCUT2D eigenvalue weighted by molar-refractivity contribution is -0.253. The number of para-hydroxylation sites is 1. The van der Waals surface area contributed by atoms with Crippen LogP contribution in [0.15, 0.2) is 36.4 Å². The van der Waals surface area contributed by atoms with Gasteiger partial charge in [0.1, 0.15) is 5.75 Å². The van der Waals surface area contributed by atoms with E-state index in [0.717, 1.165) is 5.57 Å². The third-order valence-corrected chi connectivity index (χ3v) is 2.39. The van der Waals surface area contributed by atoms with Crippen molar-refractivity contribution in [1.82, 2.24) is 0 Å². The molecule has 0 bridgehead atoms. The van der Waals surface area contributed by atoms with E-state index in [1.54, 1.807) is 13.0 Å². The van der Waals surface area contributed by atoms with E-state index in [2.05, 4.69) is 11.3 Å². The Labute approximate surface area is 121 Å². The molecule has 0 aliphatic rings. The Hall–Kier alpha value is -1.27. The molecule has 2 N–H and O–H groups in total. The van der Waals surface area contributed by atoms with Gasteiger partial charge in [-0.3, -0.25) is 0 Å². The number of nitrogens with two attached hydrogens (primary N) is 1. The van der Waals surface area contributed by atoms with Crippen LogP contribution >= 0.6 is 12.4 Å². The van der Waals surface area contributed by atoms with Crippen molar-refractivity contribution in [2.24, 2.45) is 5.73 Å². The van der Waals surface area contributed by atoms with E-state index >= 15 is 0 Å². The van der Waals surface area contributed by atoms with Crippen LogP contribution in [-0.4, -0.2) is 12.5 Å². The van der Waals surface area contributed by atoms with E-state index in [1.165, 1.54) is 18.2 Å². The van der Waals surface area contributed by atoms with Gasteiger partial charge in [0.2, 0.25) is 0 Å². The second-order valence-corrected chi connectivity index (χ2v) is 4.27. The van der Waals surface area contributed by atoms with Crippen LogP contribution in [0.4, 0.5) is 17.6 Å². The molecule has 0 radical (unpaired) electrons. The molecular weight excluding hydrogens is 298 g/mol. The first-order chi connectivity index (χ1) is 8.74. The molecule has 0 amide bonds. The third-order valence-electron chi connectivity index (χ3n) is 2.39. The van der Waals surface area contributed by atoms with Gasteiger partial charge in [0.25, 0.3) is 0 Å². The minimum absolute atomic E-state index is 0. The Morgan fingerprint density at radius 1 is 1.35 bits per heavy atom. The Bertz CT molecular complexity index is 454. The summed E-state index contributed by atoms with van der Waals surface area (Å²) in [4.78, 5) is 0. The highest BCUT2D eigenvalue weighted by molar-refractivity contribution is 5.85. The maximum absolute atomic E-state index is 12.9. The summed E-state index contributed by atoms with van der Waals surface area (Å²) in [7, 11) is 0. The molecule has 0 heterocycles. The Balaban J connectivity index is 0.00000361. The molecule has 0 aliphatic carbocycles. The van der Waals surface area contributed by atoms with Crippen molar-refractivity contribution < 1.29 is 22.3 Å². The lowest BCUT2D eigenvalue weighted by Gasteiger charge is -2.21. The summed E-state index contributed by atoms with van der Waals surface area (Å²) in [5, 5.41) is 0. The van der Waals surface area contributed by atoms with Crippen molar-refractivity contribution in [1.29, 1.82) is 0 Å². The fourth-order valence-corrected chi connectivity index (χ4v) is 1.56. The van der Waals surface area contributed by atoms with Gasteiger partial charge in [-0.05, 0) is 19.4 Å². The van der Waals surface area contributed by atoms with Crippen LogP contribution in [0.25, 0.3) is 0 Å². The fraction of sp³-hybridized carbons (Fsp3) is 0.385. The van der Waals surface area contributed by atoms with Crippen LogP contribution in [0, 0.1) is 0 Å². The highest BCUT2D eigenvalue weighted by atomic mass is 35.5. The van der Waals surface area contributed by atoms with Gasteiger partial charge in [-0.2, -0.15) is 17.6 Å². The number of benzene rings is 1. The van der Waals surface area contributed by atoms with Crippen LogP contribution < -0.4 is 10.5 Å². The summed E-state index contributed by atoms with van der Waals surface area (Å²) in [6, 6.07) is 4.99. The van der Waals surface area contributed by atoms with Crippen LogP contribution in [-0.2, 0) is 0 Å². The number of hydrogen-bond donors (Lipinski definition) is 1. The summed E-state index contributed by atoms with van der Waals surface area (Å²) < 4.78 is 54.2. The average Bonchev–Trinajstić information content (AvgIpc) is 2.27. The number of rotatable bonds is 6. The van der Waals surface area contributed by atoms with Crippen molar-refractivity contribution in [3.8, 4) is 5.75 Å². The molecule has 0 saturated heterocycles. The van der Waals surface area contributed by atoms with Gasteiger partial charge in [-0.1, -0.05) is 23.8 Å². The van der Waals surface area contributed by atoms with Gasteiger partial charge < -0.3 is 10.5 Å². The molecule has 114 valence electrons. The summed E-state index contributed by atoms with van der Waals surface area (Å²) in [6.07, 6.45) is -8.10. The standard InChI is InChI=1S/C13H15F4NO.ClH/c1-8(2)7-10(18)9-5-3-4-6-11(9)19-13(16,17)12(14)15;/h3-6,10,12H,1,7,18H2,2H3;1H/t10-;/m1./s1. The van der Waals surface area contributed by atoms with Gasteiger partial charge in [0.05, 0.1) is 0 Å². The Kier molecular flexibility index (Phi) is 7.02. The summed E-state index contributed by atoms with van der Waals surface area (Å²) in [5.41, 5.74) is 6.81. The van der Waals surface area contributed by atoms with E-state index < -0.39 is 18.6 Å². The molecule has 0 aromatic heterocycles. The summed E-state index contributed by atoms with van der Waals surface area (Å²) in [5.74, 6) is -0.346. The SMILES string of the molecule is C=C(C)C[C@@H](N)c1ccccc1OC(F)(F)C(F)F.Cl. The fourth-order valence-electron chi connectivity index (χ4n) is 1.56. The largest absolute Gasteiger partial charge is 0.461 e. The van der Waals surface area contributed by atoms with Gasteiger partial charge in [-0.25, -0.2) is 0 Å². The van der Waals surface area contributed by atoms with E-state index in [9.17, 15) is 17.6 Å². The minimum Gasteiger partial charge on any atom is -0.428 e. The predicted octanol–water partition coefficient (Wildman–Crippen LogP) is 4.31. The quantitative estimate of drug-likeness (QED) is 0.627. The number of ether oxygens (including phenoxy) is 1. The molecule has 1 aromatic rings. The smallest absolute Gasteiger partial charge is 0.428 e. The normalized spacial score (nSPS) is 12.8. The predicted molar refractivity (Wildman–Crippen MR) is 71.6 cm³/mol. The van der Waals surface area contributed by atoms with Gasteiger partial charge in [0, 0.05) is 11.6 Å². The molecule has 20 heavy (non-hydrogen) atoms. The van der Waals surface area contributed by atoms with Crippen molar-refractivity contribution >= 4 is 12.4 Å².